The van der Waals surface area contributed by atoms with E-state index in [1.165, 1.54) is 10.9 Å². The Morgan fingerprint density at radius 1 is 1.35 bits per heavy atom. The second-order valence-corrected chi connectivity index (χ2v) is 4.85. The molecule has 4 nitrogen and oxygen atoms in total. The van der Waals surface area contributed by atoms with Crippen LogP contribution in [-0.4, -0.2) is 19.7 Å². The number of fused-ring (bicyclic) bond motifs is 1. The van der Waals surface area contributed by atoms with Gasteiger partial charge in [-0.15, -0.1) is 0 Å². The third kappa shape index (κ3) is 2.19. The highest BCUT2D eigenvalue weighted by Crippen LogP contribution is 2.22. The van der Waals surface area contributed by atoms with E-state index in [-0.39, 0.29) is 4.64 Å². The van der Waals surface area contributed by atoms with Crippen LogP contribution in [-0.2, 0) is 0 Å². The van der Waals surface area contributed by atoms with Crippen LogP contribution < -0.4 is 0 Å². The fourth-order valence-corrected chi connectivity index (χ4v) is 2.28. The number of hydrogen-bond donors (Lipinski definition) is 1. The monoisotopic (exact) mass is 312 g/mol. The molecule has 0 aliphatic heterocycles. The van der Waals surface area contributed by atoms with Crippen LogP contribution in [0.2, 0.25) is 5.02 Å². The Morgan fingerprint density at radius 2 is 2.15 bits per heavy atom. The van der Waals surface area contributed by atoms with Crippen molar-refractivity contribution in [1.82, 2.24) is 19.7 Å². The van der Waals surface area contributed by atoms with Gasteiger partial charge in [0, 0.05) is 5.02 Å². The molecule has 3 aromatic rings. The van der Waals surface area contributed by atoms with Gasteiger partial charge < -0.3 is 4.98 Å². The van der Waals surface area contributed by atoms with Gasteiger partial charge in [0.1, 0.15) is 10.3 Å². The zero-order valence-electron chi connectivity index (χ0n) is 9.85. The minimum Gasteiger partial charge on any atom is -0.323 e. The number of H-pyrrole nitrogens is 1. The van der Waals surface area contributed by atoms with E-state index in [9.17, 15) is 8.78 Å². The Bertz CT molecular complexity index is 843. The van der Waals surface area contributed by atoms with Crippen LogP contribution >= 0.6 is 23.8 Å². The average molecular weight is 313 g/mol. The smallest absolute Gasteiger partial charge is 0.295 e. The molecule has 0 spiro atoms. The molecule has 8 heteroatoms. The molecule has 1 N–H and O–H groups in total. The molecule has 1 aromatic carbocycles. The van der Waals surface area contributed by atoms with Gasteiger partial charge in [0.2, 0.25) is 0 Å². The Hall–Kier alpha value is -1.86. The molecule has 0 aliphatic carbocycles. The summed E-state index contributed by atoms with van der Waals surface area (Å²) in [6.07, 6.45) is -1.25. The normalized spacial score (nSPS) is 11.4. The number of aromatic nitrogens is 4. The quantitative estimate of drug-likeness (QED) is 0.726. The van der Waals surface area contributed by atoms with E-state index in [4.69, 9.17) is 23.8 Å². The molecule has 0 bridgehead atoms. The molecule has 0 radical (unpaired) electrons. The molecule has 20 heavy (non-hydrogen) atoms. The van der Waals surface area contributed by atoms with E-state index < -0.39 is 12.2 Å². The van der Waals surface area contributed by atoms with Crippen molar-refractivity contribution in [3.8, 4) is 5.69 Å². The van der Waals surface area contributed by atoms with Gasteiger partial charge in [-0.1, -0.05) is 29.9 Å². The van der Waals surface area contributed by atoms with Crippen LogP contribution in [0.3, 0.4) is 0 Å². The van der Waals surface area contributed by atoms with Crippen LogP contribution in [0.15, 0.2) is 30.5 Å². The van der Waals surface area contributed by atoms with Gasteiger partial charge in [0.05, 0.1) is 17.3 Å². The van der Waals surface area contributed by atoms with Gasteiger partial charge in [-0.3, -0.25) is 0 Å². The summed E-state index contributed by atoms with van der Waals surface area (Å²) >= 11 is 10.9. The Labute approximate surface area is 122 Å². The van der Waals surface area contributed by atoms with E-state index in [0.29, 0.717) is 21.7 Å². The minimum absolute atomic E-state index is 0.0855. The maximum absolute atomic E-state index is 12.8. The number of nitrogens with zero attached hydrogens (tertiary/aromatic N) is 3. The van der Waals surface area contributed by atoms with Crippen molar-refractivity contribution in [2.45, 2.75) is 6.43 Å². The summed E-state index contributed by atoms with van der Waals surface area (Å²) in [5.74, 6) is -0.480. The molecular formula is C12H7ClF2N4S. The lowest BCUT2D eigenvalue weighted by Crippen LogP contribution is -2.01. The van der Waals surface area contributed by atoms with Gasteiger partial charge in [0.25, 0.3) is 6.43 Å². The largest absolute Gasteiger partial charge is 0.323 e. The highest BCUT2D eigenvalue weighted by atomic mass is 35.5. The maximum Gasteiger partial charge on any atom is 0.295 e. The first-order chi connectivity index (χ1) is 9.56. The van der Waals surface area contributed by atoms with E-state index in [2.05, 4.69) is 15.1 Å². The molecule has 0 fully saturated rings. The van der Waals surface area contributed by atoms with Gasteiger partial charge >= 0.3 is 0 Å². The first-order valence-corrected chi connectivity index (χ1v) is 6.37. The standard InChI is InChI=1S/C12H7ClF2N4S/c13-6-2-1-3-7(4-6)19-11-8(5-16-19)12(20)18-10(17-11)9(14)15/h1-5,9H,(H,17,18,20). The summed E-state index contributed by atoms with van der Waals surface area (Å²) in [7, 11) is 0. The van der Waals surface area contributed by atoms with Crippen LogP contribution in [0.25, 0.3) is 16.7 Å². The zero-order chi connectivity index (χ0) is 14.3. The third-order valence-corrected chi connectivity index (χ3v) is 3.27. The van der Waals surface area contributed by atoms with Gasteiger partial charge in [-0.05, 0) is 18.2 Å². The van der Waals surface area contributed by atoms with Crippen molar-refractivity contribution >= 4 is 34.9 Å². The van der Waals surface area contributed by atoms with Gasteiger partial charge in [-0.25, -0.2) is 18.4 Å². The van der Waals surface area contributed by atoms with Crippen molar-refractivity contribution in [2.75, 3.05) is 0 Å². The Kier molecular flexibility index (Phi) is 3.23. The summed E-state index contributed by atoms with van der Waals surface area (Å²) in [5, 5.41) is 5.17. The van der Waals surface area contributed by atoms with Crippen molar-refractivity contribution in [1.29, 1.82) is 0 Å². The highest BCUT2D eigenvalue weighted by Gasteiger charge is 2.14. The minimum atomic E-state index is -2.73. The average Bonchev–Trinajstić information content (AvgIpc) is 2.83. The number of nitrogens with one attached hydrogen (secondary N) is 1. The molecule has 2 aromatic heterocycles. The number of alkyl halides is 2. The summed E-state index contributed by atoms with van der Waals surface area (Å²) in [4.78, 5) is 6.22. The van der Waals surface area contributed by atoms with E-state index in [1.807, 2.05) is 0 Å². The number of halogens is 3. The van der Waals surface area contributed by atoms with Crippen molar-refractivity contribution < 1.29 is 8.78 Å². The molecule has 0 unspecified atom stereocenters. The van der Waals surface area contributed by atoms with Gasteiger partial charge in [-0.2, -0.15) is 5.10 Å². The summed E-state index contributed by atoms with van der Waals surface area (Å²) in [6.45, 7) is 0. The lowest BCUT2D eigenvalue weighted by molar-refractivity contribution is 0.140. The lowest BCUT2D eigenvalue weighted by atomic mass is 10.3. The first kappa shape index (κ1) is 13.1. The Balaban J connectivity index is 2.30. The van der Waals surface area contributed by atoms with Crippen LogP contribution in [0.5, 0.6) is 0 Å². The molecule has 2 heterocycles. The molecule has 102 valence electrons. The molecule has 0 aliphatic rings. The lowest BCUT2D eigenvalue weighted by Gasteiger charge is -2.05. The van der Waals surface area contributed by atoms with E-state index in [1.54, 1.807) is 24.3 Å². The molecule has 0 atom stereocenters. The molecule has 0 amide bonds. The topological polar surface area (TPSA) is 46.5 Å². The molecule has 0 saturated carbocycles. The molecule has 3 rings (SSSR count). The zero-order valence-corrected chi connectivity index (χ0v) is 11.4. The van der Waals surface area contributed by atoms with Crippen LogP contribution in [0.4, 0.5) is 8.78 Å². The molecular weight excluding hydrogens is 306 g/mol. The molecule has 0 saturated heterocycles. The Morgan fingerprint density at radius 3 is 2.85 bits per heavy atom. The highest BCUT2D eigenvalue weighted by molar-refractivity contribution is 7.71. The second-order valence-electron chi connectivity index (χ2n) is 4.03. The van der Waals surface area contributed by atoms with Crippen LogP contribution in [0, 0.1) is 4.64 Å². The number of benzene rings is 1. The van der Waals surface area contributed by atoms with Gasteiger partial charge in [0.15, 0.2) is 5.82 Å². The fraction of sp³-hybridized carbons (Fsp3) is 0.0833. The van der Waals surface area contributed by atoms with Crippen LogP contribution in [0.1, 0.15) is 12.2 Å². The van der Waals surface area contributed by atoms with Crippen molar-refractivity contribution in [3.63, 3.8) is 0 Å². The predicted octanol–water partition coefficient (Wildman–Crippen LogP) is 4.07. The van der Waals surface area contributed by atoms with E-state index in [0.717, 1.165) is 0 Å². The first-order valence-electron chi connectivity index (χ1n) is 5.58. The summed E-state index contributed by atoms with van der Waals surface area (Å²) in [6, 6.07) is 6.89. The van der Waals surface area contributed by atoms with Crippen molar-refractivity contribution in [2.24, 2.45) is 0 Å². The summed E-state index contributed by atoms with van der Waals surface area (Å²) < 4.78 is 27.1. The number of aromatic amines is 1. The SMILES string of the molecule is FC(F)c1nc(=S)c2cnn(-c3cccc(Cl)c3)c2[nH]1. The predicted molar refractivity (Wildman–Crippen MR) is 74.0 cm³/mol. The third-order valence-electron chi connectivity index (χ3n) is 2.73. The number of hydrogen-bond acceptors (Lipinski definition) is 3. The number of rotatable bonds is 2. The summed E-state index contributed by atoms with van der Waals surface area (Å²) in [5.41, 5.74) is 1.01. The maximum atomic E-state index is 12.8. The second kappa shape index (κ2) is 4.92. The van der Waals surface area contributed by atoms with Crippen molar-refractivity contribution in [3.05, 3.63) is 45.9 Å². The fourth-order valence-electron chi connectivity index (χ4n) is 1.85. The van der Waals surface area contributed by atoms with E-state index >= 15 is 0 Å².